The van der Waals surface area contributed by atoms with Crippen LogP contribution in [0.3, 0.4) is 0 Å². The number of anilines is 2. The maximum atomic E-state index is 12.7. The zero-order valence-corrected chi connectivity index (χ0v) is 11.9. The van der Waals surface area contributed by atoms with Crippen LogP contribution in [0.1, 0.15) is 26.6 Å². The number of rotatable bonds is 6. The lowest BCUT2D eigenvalue weighted by Gasteiger charge is -2.23. The van der Waals surface area contributed by atoms with E-state index in [-0.39, 0.29) is 11.6 Å². The molecule has 0 aliphatic carbocycles. The Bertz CT molecular complexity index is 449. The number of alkyl halides is 3. The van der Waals surface area contributed by atoms with Crippen molar-refractivity contribution in [3.63, 3.8) is 0 Å². The van der Waals surface area contributed by atoms with Gasteiger partial charge in [0.2, 0.25) is 5.82 Å². The number of nitrogens with one attached hydrogen (secondary N) is 2. The topological polar surface area (TPSA) is 59.1 Å². The minimum atomic E-state index is -4.58. The van der Waals surface area contributed by atoms with Gasteiger partial charge in [-0.3, -0.25) is 0 Å². The van der Waals surface area contributed by atoms with E-state index in [2.05, 4.69) is 20.6 Å². The first-order valence-corrected chi connectivity index (χ1v) is 6.17. The molecule has 0 bridgehead atoms. The first kappa shape index (κ1) is 16.5. The van der Waals surface area contributed by atoms with Gasteiger partial charge in [-0.25, -0.2) is 9.97 Å². The molecule has 0 aliphatic heterocycles. The van der Waals surface area contributed by atoms with Gasteiger partial charge < -0.3 is 15.4 Å². The molecule has 5 nitrogen and oxygen atoms in total. The molecule has 1 rings (SSSR count). The van der Waals surface area contributed by atoms with Crippen molar-refractivity contribution in [1.29, 1.82) is 0 Å². The summed E-state index contributed by atoms with van der Waals surface area (Å²) in [5, 5.41) is 5.58. The highest BCUT2D eigenvalue weighted by molar-refractivity contribution is 5.48. The van der Waals surface area contributed by atoms with Crippen molar-refractivity contribution in [2.75, 3.05) is 30.8 Å². The number of methoxy groups -OCH3 is 1. The molecule has 114 valence electrons. The Hall–Kier alpha value is -1.57. The Morgan fingerprint density at radius 2 is 1.70 bits per heavy atom. The van der Waals surface area contributed by atoms with E-state index in [4.69, 9.17) is 4.74 Å². The van der Waals surface area contributed by atoms with Crippen molar-refractivity contribution in [2.24, 2.45) is 0 Å². The molecule has 0 saturated heterocycles. The number of aromatic nitrogens is 2. The largest absolute Gasteiger partial charge is 0.451 e. The van der Waals surface area contributed by atoms with Gasteiger partial charge in [-0.15, -0.1) is 0 Å². The third-order valence-corrected chi connectivity index (χ3v) is 2.59. The fourth-order valence-corrected chi connectivity index (χ4v) is 1.31. The first-order valence-electron chi connectivity index (χ1n) is 6.17. The lowest BCUT2D eigenvalue weighted by atomic mass is 10.1. The monoisotopic (exact) mass is 292 g/mol. The third kappa shape index (κ3) is 4.84. The zero-order chi connectivity index (χ0) is 15.4. The van der Waals surface area contributed by atoms with Crippen LogP contribution < -0.4 is 10.6 Å². The van der Waals surface area contributed by atoms with Crippen LogP contribution in [-0.2, 0) is 10.9 Å². The molecule has 2 N–H and O–H groups in total. The van der Waals surface area contributed by atoms with E-state index in [9.17, 15) is 13.2 Å². The number of hydrogen-bond donors (Lipinski definition) is 2. The van der Waals surface area contributed by atoms with Crippen molar-refractivity contribution >= 4 is 11.6 Å². The molecule has 0 fully saturated rings. The zero-order valence-electron chi connectivity index (χ0n) is 11.9. The van der Waals surface area contributed by atoms with Crippen LogP contribution in [0.25, 0.3) is 0 Å². The van der Waals surface area contributed by atoms with Crippen molar-refractivity contribution in [3.8, 4) is 0 Å². The molecule has 20 heavy (non-hydrogen) atoms. The standard InChI is InChI=1S/C12H19F3N4O/c1-5-16-8-6-9(17-7-11(2,3)20-4)19-10(18-8)12(13,14)15/h6H,5,7H2,1-4H3,(H2,16,17,18,19). The van der Waals surface area contributed by atoms with Crippen LogP contribution in [0.2, 0.25) is 0 Å². The van der Waals surface area contributed by atoms with E-state index < -0.39 is 17.6 Å². The molecule has 1 aromatic heterocycles. The van der Waals surface area contributed by atoms with Crippen LogP contribution in [0.4, 0.5) is 24.8 Å². The smallest absolute Gasteiger partial charge is 0.377 e. The minimum Gasteiger partial charge on any atom is -0.377 e. The maximum Gasteiger partial charge on any atom is 0.451 e. The summed E-state index contributed by atoms with van der Waals surface area (Å²) in [5.74, 6) is -0.936. The normalized spacial score (nSPS) is 12.3. The minimum absolute atomic E-state index is 0.105. The second kappa shape index (κ2) is 6.25. The molecule has 1 heterocycles. The Kier molecular flexibility index (Phi) is 5.15. The predicted octanol–water partition coefficient (Wildman–Crippen LogP) is 2.76. The summed E-state index contributed by atoms with van der Waals surface area (Å²) in [4.78, 5) is 6.92. The Morgan fingerprint density at radius 1 is 1.15 bits per heavy atom. The van der Waals surface area contributed by atoms with Crippen LogP contribution in [0.15, 0.2) is 6.07 Å². The molecule has 0 amide bonds. The molecule has 8 heteroatoms. The second-order valence-electron chi connectivity index (χ2n) is 4.81. The number of nitrogens with zero attached hydrogens (tertiary/aromatic N) is 2. The molecule has 0 aromatic carbocycles. The summed E-state index contributed by atoms with van der Waals surface area (Å²) < 4.78 is 43.4. The predicted molar refractivity (Wildman–Crippen MR) is 70.8 cm³/mol. The Labute approximate surface area is 116 Å². The Balaban J connectivity index is 2.97. The van der Waals surface area contributed by atoms with Gasteiger partial charge in [-0.05, 0) is 20.8 Å². The lowest BCUT2D eigenvalue weighted by Crippen LogP contribution is -2.32. The van der Waals surface area contributed by atoms with Gasteiger partial charge >= 0.3 is 6.18 Å². The molecule has 0 saturated carbocycles. The molecule has 0 radical (unpaired) electrons. The van der Waals surface area contributed by atoms with Crippen LogP contribution >= 0.6 is 0 Å². The molecule has 1 aromatic rings. The highest BCUT2D eigenvalue weighted by Crippen LogP contribution is 2.28. The van der Waals surface area contributed by atoms with Gasteiger partial charge in [0.25, 0.3) is 0 Å². The maximum absolute atomic E-state index is 12.7. The first-order chi connectivity index (χ1) is 9.18. The third-order valence-electron chi connectivity index (χ3n) is 2.59. The molecule has 0 atom stereocenters. The molecular weight excluding hydrogens is 273 g/mol. The molecule has 0 aliphatic rings. The average Bonchev–Trinajstić information content (AvgIpc) is 2.36. The quantitative estimate of drug-likeness (QED) is 0.844. The molecule has 0 spiro atoms. The summed E-state index contributed by atoms with van der Waals surface area (Å²) in [6.07, 6.45) is -4.58. The fourth-order valence-electron chi connectivity index (χ4n) is 1.31. The lowest BCUT2D eigenvalue weighted by molar-refractivity contribution is -0.144. The van der Waals surface area contributed by atoms with Crippen molar-refractivity contribution in [3.05, 3.63) is 11.9 Å². The van der Waals surface area contributed by atoms with Gasteiger partial charge in [0.05, 0.1) is 5.60 Å². The van der Waals surface area contributed by atoms with Crippen molar-refractivity contribution in [2.45, 2.75) is 32.5 Å². The van der Waals surface area contributed by atoms with Gasteiger partial charge in [0.15, 0.2) is 0 Å². The summed E-state index contributed by atoms with van der Waals surface area (Å²) in [7, 11) is 1.53. The molecular formula is C12H19F3N4O. The van der Waals surface area contributed by atoms with Crippen LogP contribution in [0.5, 0.6) is 0 Å². The summed E-state index contributed by atoms with van der Waals surface area (Å²) in [5.41, 5.74) is -0.512. The summed E-state index contributed by atoms with van der Waals surface area (Å²) in [6, 6.07) is 1.44. The number of ether oxygens (including phenoxy) is 1. The van der Waals surface area contributed by atoms with Crippen LogP contribution in [-0.4, -0.2) is 35.8 Å². The van der Waals surface area contributed by atoms with E-state index in [0.717, 1.165) is 0 Å². The summed E-state index contributed by atoms with van der Waals surface area (Å²) >= 11 is 0. The highest BCUT2D eigenvalue weighted by Gasteiger charge is 2.35. The van der Waals surface area contributed by atoms with Gasteiger partial charge in [0, 0.05) is 26.3 Å². The van der Waals surface area contributed by atoms with E-state index in [1.54, 1.807) is 6.92 Å². The number of halogens is 3. The van der Waals surface area contributed by atoms with E-state index in [1.807, 2.05) is 13.8 Å². The van der Waals surface area contributed by atoms with E-state index in [0.29, 0.717) is 13.1 Å². The highest BCUT2D eigenvalue weighted by atomic mass is 19.4. The SMILES string of the molecule is CCNc1cc(NCC(C)(C)OC)nc(C(F)(F)F)n1. The second-order valence-corrected chi connectivity index (χ2v) is 4.81. The van der Waals surface area contributed by atoms with Gasteiger partial charge in [-0.1, -0.05) is 0 Å². The van der Waals surface area contributed by atoms with Gasteiger partial charge in [0.1, 0.15) is 11.6 Å². The Morgan fingerprint density at radius 3 is 2.15 bits per heavy atom. The molecule has 0 unspecified atom stereocenters. The fraction of sp³-hybridized carbons (Fsp3) is 0.667. The van der Waals surface area contributed by atoms with E-state index >= 15 is 0 Å². The van der Waals surface area contributed by atoms with Gasteiger partial charge in [-0.2, -0.15) is 13.2 Å². The van der Waals surface area contributed by atoms with Crippen molar-refractivity contribution < 1.29 is 17.9 Å². The van der Waals surface area contributed by atoms with Crippen LogP contribution in [0, 0.1) is 0 Å². The number of hydrogen-bond acceptors (Lipinski definition) is 5. The average molecular weight is 292 g/mol. The van der Waals surface area contributed by atoms with Crippen molar-refractivity contribution in [1.82, 2.24) is 9.97 Å². The van der Waals surface area contributed by atoms with E-state index in [1.165, 1.54) is 13.2 Å². The summed E-state index contributed by atoms with van der Waals surface area (Å²) in [6.45, 7) is 6.20.